The summed E-state index contributed by atoms with van der Waals surface area (Å²) in [7, 11) is 1.57. The lowest BCUT2D eigenvalue weighted by Gasteiger charge is -2.21. The Labute approximate surface area is 116 Å². The quantitative estimate of drug-likeness (QED) is 0.534. The molecule has 0 aliphatic heterocycles. The number of allylic oxidation sites excluding steroid dienone is 3. The molecule has 0 radical (unpaired) electrons. The van der Waals surface area contributed by atoms with Gasteiger partial charge in [0.25, 0.3) is 0 Å². The molecule has 102 valence electrons. The number of ether oxygens (including phenoxy) is 3. The van der Waals surface area contributed by atoms with Gasteiger partial charge < -0.3 is 14.2 Å². The molecule has 5 heteroatoms. The van der Waals surface area contributed by atoms with Gasteiger partial charge in [-0.15, -0.1) is 0 Å². The summed E-state index contributed by atoms with van der Waals surface area (Å²) in [6.07, 6.45) is 3.48. The SMILES string of the molecule is CCOC(OCC)C(=O)C1=C(OC)CC(Br)C=C1. The molecule has 0 aromatic carbocycles. The lowest BCUT2D eigenvalue weighted by atomic mass is 10.0. The number of halogens is 1. The van der Waals surface area contributed by atoms with E-state index in [9.17, 15) is 4.79 Å². The maximum absolute atomic E-state index is 12.3. The molecular formula is C13H19BrO4. The van der Waals surface area contributed by atoms with Gasteiger partial charge in [0, 0.05) is 24.5 Å². The number of carbonyl (C=O) groups excluding carboxylic acids is 1. The summed E-state index contributed by atoms with van der Waals surface area (Å²) >= 11 is 3.47. The van der Waals surface area contributed by atoms with Crippen LogP contribution < -0.4 is 0 Å². The Kier molecular flexibility index (Phi) is 6.60. The highest BCUT2D eigenvalue weighted by molar-refractivity contribution is 9.09. The van der Waals surface area contributed by atoms with Gasteiger partial charge in [0.2, 0.25) is 12.1 Å². The molecule has 0 saturated heterocycles. The van der Waals surface area contributed by atoms with Crippen molar-refractivity contribution in [3.8, 4) is 0 Å². The highest BCUT2D eigenvalue weighted by atomic mass is 79.9. The fourth-order valence-corrected chi connectivity index (χ4v) is 2.14. The fraction of sp³-hybridized carbons (Fsp3) is 0.615. The van der Waals surface area contributed by atoms with E-state index in [1.54, 1.807) is 13.2 Å². The molecule has 0 N–H and O–H groups in total. The minimum Gasteiger partial charge on any atom is -0.500 e. The first-order chi connectivity index (χ1) is 8.63. The van der Waals surface area contributed by atoms with Crippen molar-refractivity contribution in [2.75, 3.05) is 20.3 Å². The van der Waals surface area contributed by atoms with Gasteiger partial charge in [-0.3, -0.25) is 4.79 Å². The van der Waals surface area contributed by atoms with Crippen molar-refractivity contribution in [3.63, 3.8) is 0 Å². The number of ketones is 1. The summed E-state index contributed by atoms with van der Waals surface area (Å²) in [6.45, 7) is 4.51. The summed E-state index contributed by atoms with van der Waals surface area (Å²) in [5, 5.41) is 0. The van der Waals surface area contributed by atoms with E-state index < -0.39 is 6.29 Å². The molecule has 0 bridgehead atoms. The van der Waals surface area contributed by atoms with Crippen LogP contribution in [0.15, 0.2) is 23.5 Å². The van der Waals surface area contributed by atoms with E-state index >= 15 is 0 Å². The number of Topliss-reactive ketones (excluding diaryl/α,β-unsaturated/α-hetero) is 1. The number of carbonyl (C=O) groups is 1. The molecule has 1 unspecified atom stereocenters. The Bertz CT molecular complexity index is 343. The molecule has 1 atom stereocenters. The van der Waals surface area contributed by atoms with E-state index in [1.165, 1.54) is 0 Å². The van der Waals surface area contributed by atoms with Crippen molar-refractivity contribution < 1.29 is 19.0 Å². The Morgan fingerprint density at radius 3 is 2.56 bits per heavy atom. The molecule has 0 saturated carbocycles. The molecule has 0 fully saturated rings. The van der Waals surface area contributed by atoms with Crippen molar-refractivity contribution in [2.45, 2.75) is 31.4 Å². The zero-order chi connectivity index (χ0) is 13.5. The second kappa shape index (κ2) is 7.71. The molecule has 1 aliphatic rings. The predicted molar refractivity (Wildman–Crippen MR) is 72.6 cm³/mol. The third-order valence-corrected chi connectivity index (χ3v) is 3.14. The number of hydrogen-bond acceptors (Lipinski definition) is 4. The first-order valence-electron chi connectivity index (χ1n) is 6.00. The van der Waals surface area contributed by atoms with Crippen LogP contribution in [0, 0.1) is 0 Å². The fourth-order valence-electron chi connectivity index (χ4n) is 1.69. The highest BCUT2D eigenvalue weighted by Crippen LogP contribution is 2.26. The number of hydrogen-bond donors (Lipinski definition) is 0. The van der Waals surface area contributed by atoms with E-state index in [1.807, 2.05) is 19.9 Å². The van der Waals surface area contributed by atoms with Crippen molar-refractivity contribution in [1.82, 2.24) is 0 Å². The summed E-state index contributed by atoms with van der Waals surface area (Å²) in [6, 6.07) is 0. The first kappa shape index (κ1) is 15.4. The van der Waals surface area contributed by atoms with Crippen LogP contribution in [0.2, 0.25) is 0 Å². The Balaban J connectivity index is 2.89. The Morgan fingerprint density at radius 1 is 1.44 bits per heavy atom. The van der Waals surface area contributed by atoms with Gasteiger partial charge in [0.1, 0.15) is 5.76 Å². The maximum Gasteiger partial charge on any atom is 0.222 e. The lowest BCUT2D eigenvalue weighted by molar-refractivity contribution is -0.163. The second-order valence-electron chi connectivity index (χ2n) is 3.73. The third kappa shape index (κ3) is 3.93. The van der Waals surface area contributed by atoms with Crippen LogP contribution >= 0.6 is 15.9 Å². The molecule has 0 spiro atoms. The molecule has 1 aliphatic carbocycles. The standard InChI is InChI=1S/C13H19BrO4/c1-4-17-13(18-5-2)12(15)10-7-6-9(14)8-11(10)16-3/h6-7,9,13H,4-5,8H2,1-3H3. The average molecular weight is 319 g/mol. The normalized spacial score (nSPS) is 19.5. The average Bonchev–Trinajstić information content (AvgIpc) is 2.37. The molecule has 0 heterocycles. The van der Waals surface area contributed by atoms with E-state index in [4.69, 9.17) is 14.2 Å². The van der Waals surface area contributed by atoms with Crippen molar-refractivity contribution in [1.29, 1.82) is 0 Å². The summed E-state index contributed by atoms with van der Waals surface area (Å²) in [5.41, 5.74) is 0.528. The molecule has 1 rings (SSSR count). The molecule has 4 nitrogen and oxygen atoms in total. The van der Waals surface area contributed by atoms with Gasteiger partial charge in [0.15, 0.2) is 0 Å². The monoisotopic (exact) mass is 318 g/mol. The second-order valence-corrected chi connectivity index (χ2v) is 4.90. The summed E-state index contributed by atoms with van der Waals surface area (Å²) in [5.74, 6) is 0.472. The van der Waals surface area contributed by atoms with Crippen molar-refractivity contribution in [2.24, 2.45) is 0 Å². The van der Waals surface area contributed by atoms with Gasteiger partial charge in [-0.2, -0.15) is 0 Å². The van der Waals surface area contributed by atoms with Crippen LogP contribution in [-0.2, 0) is 19.0 Å². The van der Waals surface area contributed by atoms with Gasteiger partial charge >= 0.3 is 0 Å². The van der Waals surface area contributed by atoms with Crippen LogP contribution in [0.3, 0.4) is 0 Å². The minimum atomic E-state index is -0.850. The van der Waals surface area contributed by atoms with Crippen molar-refractivity contribution >= 4 is 21.7 Å². The third-order valence-electron chi connectivity index (χ3n) is 2.51. The molecule has 18 heavy (non-hydrogen) atoms. The first-order valence-corrected chi connectivity index (χ1v) is 6.92. The molecule has 0 aromatic heterocycles. The largest absolute Gasteiger partial charge is 0.500 e. The molecule has 0 aromatic rings. The van der Waals surface area contributed by atoms with Gasteiger partial charge in [0.05, 0.1) is 12.7 Å². The topological polar surface area (TPSA) is 44.8 Å². The van der Waals surface area contributed by atoms with E-state index in [2.05, 4.69) is 15.9 Å². The number of alkyl halides is 1. The minimum absolute atomic E-state index is 0.189. The van der Waals surface area contributed by atoms with Crippen molar-refractivity contribution in [3.05, 3.63) is 23.5 Å². The van der Waals surface area contributed by atoms with Crippen LogP contribution in [0.5, 0.6) is 0 Å². The molecular weight excluding hydrogens is 300 g/mol. The Morgan fingerprint density at radius 2 is 2.06 bits per heavy atom. The van der Waals surface area contributed by atoms with Crippen LogP contribution in [0.25, 0.3) is 0 Å². The Hall–Kier alpha value is -0.650. The van der Waals surface area contributed by atoms with Gasteiger partial charge in [-0.25, -0.2) is 0 Å². The predicted octanol–water partition coefficient (Wildman–Crippen LogP) is 2.58. The van der Waals surface area contributed by atoms with Crippen LogP contribution in [0.4, 0.5) is 0 Å². The van der Waals surface area contributed by atoms with Crippen LogP contribution in [0.1, 0.15) is 20.3 Å². The van der Waals surface area contributed by atoms with Gasteiger partial charge in [-0.05, 0) is 13.8 Å². The highest BCUT2D eigenvalue weighted by Gasteiger charge is 2.27. The van der Waals surface area contributed by atoms with E-state index in [-0.39, 0.29) is 10.6 Å². The zero-order valence-electron chi connectivity index (χ0n) is 10.9. The van der Waals surface area contributed by atoms with E-state index in [0.29, 0.717) is 31.0 Å². The van der Waals surface area contributed by atoms with Crippen LogP contribution in [-0.4, -0.2) is 37.2 Å². The summed E-state index contributed by atoms with van der Waals surface area (Å²) in [4.78, 5) is 12.5. The zero-order valence-corrected chi connectivity index (χ0v) is 12.5. The maximum atomic E-state index is 12.3. The lowest BCUT2D eigenvalue weighted by Crippen LogP contribution is -2.30. The number of methoxy groups -OCH3 is 1. The molecule has 0 amide bonds. The van der Waals surface area contributed by atoms with Gasteiger partial charge in [-0.1, -0.05) is 28.1 Å². The smallest absolute Gasteiger partial charge is 0.222 e. The van der Waals surface area contributed by atoms with E-state index in [0.717, 1.165) is 0 Å². The number of rotatable bonds is 7. The summed E-state index contributed by atoms with van der Waals surface area (Å²) < 4.78 is 15.9.